The van der Waals surface area contributed by atoms with E-state index >= 15 is 0 Å². The topological polar surface area (TPSA) is 80.1 Å². The lowest BCUT2D eigenvalue weighted by atomic mass is 10.0. The SMILES string of the molecule is O=C(Cc1cc(C(F)(F)F)cc(C(F)(F)F)c1)NC(CNc1ccc(-c2cn3c(n2)sc2cc(OCCN4CCOCC4)ccc23)cc1)Cc1ccccc1. The van der Waals surface area contributed by atoms with Crippen LogP contribution in [0, 0.1) is 0 Å². The molecule has 55 heavy (non-hydrogen) atoms. The van der Waals surface area contributed by atoms with E-state index in [9.17, 15) is 31.1 Å². The maximum absolute atomic E-state index is 13.4. The van der Waals surface area contributed by atoms with Crippen molar-refractivity contribution >= 4 is 38.1 Å². The molecule has 15 heteroatoms. The largest absolute Gasteiger partial charge is 0.492 e. The van der Waals surface area contributed by atoms with Crippen LogP contribution in [0.3, 0.4) is 0 Å². The fourth-order valence-corrected chi connectivity index (χ4v) is 7.52. The number of amides is 1. The summed E-state index contributed by atoms with van der Waals surface area (Å²) < 4.78 is 94.9. The van der Waals surface area contributed by atoms with Crippen molar-refractivity contribution in [2.45, 2.75) is 31.2 Å². The van der Waals surface area contributed by atoms with Crippen LogP contribution in [0.25, 0.3) is 26.4 Å². The fourth-order valence-electron chi connectivity index (χ4n) is 6.49. The Labute approximate surface area is 316 Å². The van der Waals surface area contributed by atoms with Crippen LogP contribution in [-0.2, 0) is 34.7 Å². The number of hydrogen-bond acceptors (Lipinski definition) is 7. The first-order valence-corrected chi connectivity index (χ1v) is 18.5. The van der Waals surface area contributed by atoms with Crippen LogP contribution in [-0.4, -0.2) is 72.2 Å². The quantitative estimate of drug-likeness (QED) is 0.115. The van der Waals surface area contributed by atoms with Crippen molar-refractivity contribution in [3.05, 3.63) is 119 Å². The third-order valence-corrected chi connectivity index (χ3v) is 10.3. The minimum Gasteiger partial charge on any atom is -0.492 e. The Balaban J connectivity index is 0.993. The molecular formula is C40H37F6N5O3S. The van der Waals surface area contributed by atoms with E-state index in [1.54, 1.807) is 11.3 Å². The molecule has 3 heterocycles. The van der Waals surface area contributed by atoms with E-state index in [-0.39, 0.29) is 18.2 Å². The summed E-state index contributed by atoms with van der Waals surface area (Å²) in [5.74, 6) is 0.111. The second-order valence-electron chi connectivity index (χ2n) is 13.3. The molecule has 1 fully saturated rings. The molecule has 0 saturated carbocycles. The van der Waals surface area contributed by atoms with Gasteiger partial charge >= 0.3 is 12.4 Å². The summed E-state index contributed by atoms with van der Waals surface area (Å²) in [5, 5.41) is 6.10. The first-order valence-electron chi connectivity index (χ1n) is 17.7. The van der Waals surface area contributed by atoms with Gasteiger partial charge in [0.1, 0.15) is 12.4 Å². The van der Waals surface area contributed by atoms with Gasteiger partial charge in [0.05, 0.1) is 52.7 Å². The van der Waals surface area contributed by atoms with E-state index in [2.05, 4.69) is 19.9 Å². The van der Waals surface area contributed by atoms with E-state index in [0.717, 1.165) is 76.3 Å². The van der Waals surface area contributed by atoms with Crippen LogP contribution in [0.1, 0.15) is 22.3 Å². The molecule has 1 aliphatic heterocycles. The number of aromatic nitrogens is 2. The molecule has 1 amide bonds. The number of hydrogen-bond donors (Lipinski definition) is 2. The summed E-state index contributed by atoms with van der Waals surface area (Å²) in [6, 6.07) is 23.6. The van der Waals surface area contributed by atoms with Gasteiger partial charge in [-0.2, -0.15) is 26.3 Å². The van der Waals surface area contributed by atoms with E-state index in [1.165, 1.54) is 0 Å². The third-order valence-electron chi connectivity index (χ3n) is 9.28. The average molecular weight is 782 g/mol. The smallest absolute Gasteiger partial charge is 0.416 e. The first-order chi connectivity index (χ1) is 26.4. The number of morpholine rings is 1. The number of alkyl halides is 6. The lowest BCUT2D eigenvalue weighted by Crippen LogP contribution is -2.42. The second-order valence-corrected chi connectivity index (χ2v) is 14.3. The van der Waals surface area contributed by atoms with E-state index in [4.69, 9.17) is 14.5 Å². The van der Waals surface area contributed by atoms with Gasteiger partial charge in [0, 0.05) is 43.6 Å². The van der Waals surface area contributed by atoms with Gasteiger partial charge in [0.25, 0.3) is 0 Å². The standard InChI is InChI=1S/C40H37F6N5O3S/c41-39(42,43)29-18-27(19-30(22-29)40(44,45)46)21-37(52)48-32(20-26-4-2-1-3-5-26)24-47-31-8-6-28(7-9-31)34-25-51-35-11-10-33(23-36(35)55-38(51)49-34)54-17-14-50-12-15-53-16-13-50/h1-11,18-19,22-23,25,32,47H,12-17,20-21,24H2,(H,48,52). The summed E-state index contributed by atoms with van der Waals surface area (Å²) in [7, 11) is 0. The maximum atomic E-state index is 13.4. The molecule has 8 nitrogen and oxygen atoms in total. The number of ether oxygens (including phenoxy) is 2. The molecule has 2 N–H and O–H groups in total. The molecule has 1 saturated heterocycles. The van der Waals surface area contributed by atoms with Gasteiger partial charge in [-0.3, -0.25) is 14.1 Å². The molecule has 1 unspecified atom stereocenters. The van der Waals surface area contributed by atoms with Crippen molar-refractivity contribution in [2.75, 3.05) is 51.3 Å². The van der Waals surface area contributed by atoms with E-state index < -0.39 is 41.8 Å². The lowest BCUT2D eigenvalue weighted by molar-refractivity contribution is -0.143. The van der Waals surface area contributed by atoms with Crippen molar-refractivity contribution in [3.63, 3.8) is 0 Å². The molecule has 1 aliphatic rings. The van der Waals surface area contributed by atoms with Crippen LogP contribution in [0.4, 0.5) is 32.0 Å². The number of anilines is 1. The van der Waals surface area contributed by atoms with Gasteiger partial charge in [0.15, 0.2) is 4.96 Å². The van der Waals surface area contributed by atoms with Crippen LogP contribution in [0.5, 0.6) is 5.75 Å². The number of thiazole rings is 1. The Kier molecular flexibility index (Phi) is 11.3. The van der Waals surface area contributed by atoms with E-state index in [1.807, 2.05) is 79.0 Å². The zero-order valence-corrected chi connectivity index (χ0v) is 30.2. The van der Waals surface area contributed by atoms with Crippen LogP contribution in [0.2, 0.25) is 0 Å². The number of fused-ring (bicyclic) bond motifs is 3. The number of carbonyl (C=O) groups excluding carboxylic acids is 1. The fraction of sp³-hybridized carbons (Fsp3) is 0.300. The summed E-state index contributed by atoms with van der Waals surface area (Å²) in [6.45, 7) is 5.03. The average Bonchev–Trinajstić information content (AvgIpc) is 3.72. The Hall–Kier alpha value is -5.12. The van der Waals surface area contributed by atoms with Gasteiger partial charge in [0.2, 0.25) is 5.91 Å². The zero-order valence-electron chi connectivity index (χ0n) is 29.4. The van der Waals surface area contributed by atoms with Crippen LogP contribution >= 0.6 is 11.3 Å². The van der Waals surface area contributed by atoms with Gasteiger partial charge < -0.3 is 20.1 Å². The molecular weight excluding hydrogens is 745 g/mol. The van der Waals surface area contributed by atoms with Crippen LogP contribution in [0.15, 0.2) is 97.2 Å². The van der Waals surface area contributed by atoms with Gasteiger partial charge in [-0.25, -0.2) is 4.98 Å². The minimum atomic E-state index is -5.01. The van der Waals surface area contributed by atoms with Crippen LogP contribution < -0.4 is 15.4 Å². The van der Waals surface area contributed by atoms with Crippen molar-refractivity contribution < 1.29 is 40.6 Å². The highest BCUT2D eigenvalue weighted by molar-refractivity contribution is 7.23. The number of rotatable bonds is 13. The highest BCUT2D eigenvalue weighted by Crippen LogP contribution is 2.37. The summed E-state index contributed by atoms with van der Waals surface area (Å²) in [6.07, 6.45) is -8.31. The molecule has 4 aromatic carbocycles. The second kappa shape index (κ2) is 16.3. The lowest BCUT2D eigenvalue weighted by Gasteiger charge is -2.26. The third kappa shape index (κ3) is 9.77. The molecule has 0 bridgehead atoms. The molecule has 288 valence electrons. The molecule has 6 aromatic rings. The molecule has 1 atom stereocenters. The summed E-state index contributed by atoms with van der Waals surface area (Å²) in [5.41, 5.74) is 1.04. The number of benzene rings is 4. The number of nitrogens with zero attached hydrogens (tertiary/aromatic N) is 3. The Morgan fingerprint density at radius 3 is 2.27 bits per heavy atom. The number of halogens is 6. The van der Waals surface area contributed by atoms with Crippen molar-refractivity contribution in [1.82, 2.24) is 19.6 Å². The van der Waals surface area contributed by atoms with Crippen molar-refractivity contribution in [2.24, 2.45) is 0 Å². The van der Waals surface area contributed by atoms with Gasteiger partial charge in [-0.1, -0.05) is 53.8 Å². The van der Waals surface area contributed by atoms with Gasteiger partial charge in [-0.15, -0.1) is 0 Å². The molecule has 0 radical (unpaired) electrons. The normalized spacial score (nSPS) is 14.7. The Morgan fingerprint density at radius 1 is 0.873 bits per heavy atom. The summed E-state index contributed by atoms with van der Waals surface area (Å²) in [4.78, 5) is 21.1. The number of imidazole rings is 1. The Bertz CT molecular complexity index is 2200. The molecule has 0 aliphatic carbocycles. The zero-order chi connectivity index (χ0) is 38.6. The molecule has 2 aromatic heterocycles. The molecule has 0 spiro atoms. The first kappa shape index (κ1) is 38.2. The monoisotopic (exact) mass is 781 g/mol. The minimum absolute atomic E-state index is 0.0483. The van der Waals surface area contributed by atoms with Crippen molar-refractivity contribution in [3.8, 4) is 17.0 Å². The Morgan fingerprint density at radius 2 is 1.58 bits per heavy atom. The molecule has 7 rings (SSSR count). The van der Waals surface area contributed by atoms with Gasteiger partial charge in [-0.05, 0) is 66.1 Å². The van der Waals surface area contributed by atoms with Crippen molar-refractivity contribution in [1.29, 1.82) is 0 Å². The predicted octanol–water partition coefficient (Wildman–Crippen LogP) is 8.35. The number of nitrogens with one attached hydrogen (secondary N) is 2. The maximum Gasteiger partial charge on any atom is 0.416 e. The van der Waals surface area contributed by atoms with E-state index in [0.29, 0.717) is 25.2 Å². The highest BCUT2D eigenvalue weighted by Gasteiger charge is 2.37. The predicted molar refractivity (Wildman–Crippen MR) is 199 cm³/mol. The highest BCUT2D eigenvalue weighted by atomic mass is 32.1. The summed E-state index contributed by atoms with van der Waals surface area (Å²) >= 11 is 1.57. The number of carbonyl (C=O) groups is 1.